The van der Waals surface area contributed by atoms with E-state index >= 15 is 0 Å². The summed E-state index contributed by atoms with van der Waals surface area (Å²) in [6.45, 7) is 2.10. The average Bonchev–Trinajstić information content (AvgIpc) is 2.89. The summed E-state index contributed by atoms with van der Waals surface area (Å²) in [5, 5.41) is 29.6. The Morgan fingerprint density at radius 1 is 0.683 bits per heavy atom. The molecule has 4 aliphatic rings. The highest BCUT2D eigenvalue weighted by molar-refractivity contribution is 5.98. The number of carbonyl (C=O) groups is 6. The molecule has 4 aliphatic heterocycles. The van der Waals surface area contributed by atoms with Crippen molar-refractivity contribution in [2.24, 2.45) is 0 Å². The predicted octanol–water partition coefficient (Wildman–Crippen LogP) is -2.97. The Labute approximate surface area is 230 Å². The van der Waals surface area contributed by atoms with Crippen LogP contribution in [0.4, 0.5) is 0 Å². The molecular weight excluding hydrogens is 548 g/mol. The zero-order chi connectivity index (χ0) is 30.6. The van der Waals surface area contributed by atoms with Gasteiger partial charge >= 0.3 is 0 Å². The second-order valence-electron chi connectivity index (χ2n) is 8.75. The smallest absolute Gasteiger partial charge is 0.296 e. The minimum atomic E-state index is -1.28. The maximum atomic E-state index is 12.6. The van der Waals surface area contributed by atoms with E-state index in [1.807, 2.05) is 0 Å². The lowest BCUT2D eigenvalue weighted by atomic mass is 10.2. The first kappa shape index (κ1) is 29.9. The van der Waals surface area contributed by atoms with Crippen LogP contribution in [-0.4, -0.2) is 91.3 Å². The fourth-order valence-electron chi connectivity index (χ4n) is 3.57. The third-order valence-corrected chi connectivity index (χ3v) is 5.86. The highest BCUT2D eigenvalue weighted by atomic mass is 16.5. The van der Waals surface area contributed by atoms with Crippen molar-refractivity contribution >= 4 is 35.4 Å². The number of hydrogen-bond donors (Lipinski definition) is 6. The number of aromatic nitrogens is 2. The van der Waals surface area contributed by atoms with E-state index in [0.29, 0.717) is 0 Å². The highest BCUT2D eigenvalue weighted by Gasteiger charge is 2.25. The van der Waals surface area contributed by atoms with Gasteiger partial charge in [-0.15, -0.1) is 9.46 Å². The summed E-state index contributed by atoms with van der Waals surface area (Å²) in [7, 11) is 0. The molecule has 6 N–H and O–H groups in total. The molecule has 0 saturated heterocycles. The Balaban J connectivity index is 2.04. The molecule has 41 heavy (non-hydrogen) atoms. The van der Waals surface area contributed by atoms with Gasteiger partial charge in [0.25, 0.3) is 34.7 Å². The molecular formula is C23H26N8O10. The Morgan fingerprint density at radius 3 is 1.39 bits per heavy atom. The van der Waals surface area contributed by atoms with Gasteiger partial charge in [0, 0.05) is 13.8 Å². The average molecular weight is 575 g/mol. The molecule has 0 aliphatic carbocycles. The summed E-state index contributed by atoms with van der Waals surface area (Å²) < 4.78 is -0.166. The van der Waals surface area contributed by atoms with Gasteiger partial charge in [0.1, 0.15) is 22.5 Å². The molecule has 2 aromatic rings. The van der Waals surface area contributed by atoms with Crippen molar-refractivity contribution in [1.29, 1.82) is 0 Å². The summed E-state index contributed by atoms with van der Waals surface area (Å²) in [6, 6.07) is 3.82. The minimum Gasteiger partial charge on any atom is -0.425 e. The normalized spacial score (nSPS) is 15.8. The van der Waals surface area contributed by atoms with Crippen LogP contribution in [0.5, 0.6) is 0 Å². The van der Waals surface area contributed by atoms with E-state index in [9.17, 15) is 48.8 Å². The van der Waals surface area contributed by atoms with Crippen LogP contribution in [-0.2, 0) is 9.59 Å². The van der Waals surface area contributed by atoms with Crippen molar-refractivity contribution in [3.63, 3.8) is 0 Å². The van der Waals surface area contributed by atoms with Crippen LogP contribution < -0.4 is 32.4 Å². The van der Waals surface area contributed by atoms with Crippen LogP contribution >= 0.6 is 0 Å². The van der Waals surface area contributed by atoms with Gasteiger partial charge in [0.15, 0.2) is 0 Å². The fraction of sp³-hybridized carbons (Fsp3) is 0.304. The van der Waals surface area contributed by atoms with Crippen LogP contribution in [0.2, 0.25) is 0 Å². The lowest BCUT2D eigenvalue weighted by Crippen LogP contribution is -2.51. The minimum absolute atomic E-state index is 0.0831. The molecule has 0 unspecified atom stereocenters. The molecule has 0 fully saturated rings. The van der Waals surface area contributed by atoms with Crippen molar-refractivity contribution in [3.05, 3.63) is 67.5 Å². The van der Waals surface area contributed by atoms with Gasteiger partial charge < -0.3 is 41.5 Å². The summed E-state index contributed by atoms with van der Waals surface area (Å²) in [5.41, 5.74) is -4.95. The Hall–Kier alpha value is -5.68. The number of nitrogens with zero attached hydrogens (tertiary/aromatic N) is 4. The zero-order valence-corrected chi connectivity index (χ0v) is 22.0. The number of carbonyl (C=O) groups excluding carboxylic acids is 6. The van der Waals surface area contributed by atoms with E-state index in [4.69, 9.17) is 0 Å². The van der Waals surface area contributed by atoms with Gasteiger partial charge in [-0.25, -0.2) is 0 Å². The molecule has 218 valence electrons. The fourth-order valence-corrected chi connectivity index (χ4v) is 3.57. The highest BCUT2D eigenvalue weighted by Crippen LogP contribution is 2.03. The molecule has 0 spiro atoms. The predicted molar refractivity (Wildman–Crippen MR) is 135 cm³/mol. The van der Waals surface area contributed by atoms with Crippen LogP contribution in [0.15, 0.2) is 33.9 Å². The monoisotopic (exact) mass is 574 g/mol. The van der Waals surface area contributed by atoms with E-state index in [1.54, 1.807) is 0 Å². The van der Waals surface area contributed by atoms with Crippen molar-refractivity contribution in [1.82, 2.24) is 40.5 Å². The molecule has 0 aromatic carbocycles. The third kappa shape index (κ3) is 6.49. The molecule has 4 bridgehead atoms. The zero-order valence-electron chi connectivity index (χ0n) is 22.0. The van der Waals surface area contributed by atoms with Crippen LogP contribution in [0.1, 0.15) is 62.5 Å². The molecule has 6 rings (SSSR count). The van der Waals surface area contributed by atoms with E-state index in [1.165, 1.54) is 6.92 Å². The van der Waals surface area contributed by atoms with Gasteiger partial charge in [0.05, 0.1) is 26.2 Å². The quantitative estimate of drug-likeness (QED) is 0.175. The molecule has 0 atom stereocenters. The Bertz CT molecular complexity index is 1450. The number of amides is 6. The summed E-state index contributed by atoms with van der Waals surface area (Å²) in [5.74, 6) is -5.37. The lowest BCUT2D eigenvalue weighted by molar-refractivity contribution is -0.137. The number of hydrogen-bond acceptors (Lipinski definition) is 10. The molecule has 6 heterocycles. The SMILES string of the molecule is CC(=O)N1CNC(=O)c2ccc(c(=O)n2O)C(=O)NC(C)NC(=O)c2ccc(n(O)c2=O)C(=O)NCN(C(C)=O)C1. The Kier molecular flexibility index (Phi) is 8.75. The molecule has 2 aromatic heterocycles. The van der Waals surface area contributed by atoms with Crippen LogP contribution in [0, 0.1) is 0 Å². The summed E-state index contributed by atoms with van der Waals surface area (Å²) in [4.78, 5) is 102. The van der Waals surface area contributed by atoms with Gasteiger partial charge in [-0.1, -0.05) is 0 Å². The van der Waals surface area contributed by atoms with E-state index in [0.717, 1.165) is 47.9 Å². The van der Waals surface area contributed by atoms with Gasteiger partial charge in [-0.05, 0) is 31.2 Å². The molecule has 18 heteroatoms. The number of nitrogens with one attached hydrogen (secondary N) is 4. The van der Waals surface area contributed by atoms with E-state index in [2.05, 4.69) is 21.3 Å². The van der Waals surface area contributed by atoms with E-state index in [-0.39, 0.29) is 9.46 Å². The number of pyridine rings is 2. The largest absolute Gasteiger partial charge is 0.425 e. The molecule has 18 nitrogen and oxygen atoms in total. The van der Waals surface area contributed by atoms with Crippen molar-refractivity contribution in [2.45, 2.75) is 26.9 Å². The van der Waals surface area contributed by atoms with Crippen molar-refractivity contribution in [2.75, 3.05) is 20.0 Å². The van der Waals surface area contributed by atoms with Gasteiger partial charge in [-0.3, -0.25) is 38.4 Å². The molecule has 0 radical (unpaired) electrons. The van der Waals surface area contributed by atoms with E-state index < -0.39 is 95.2 Å². The Morgan fingerprint density at radius 2 is 1.05 bits per heavy atom. The summed E-state index contributed by atoms with van der Waals surface area (Å²) in [6.07, 6.45) is -1.19. The molecule has 0 saturated carbocycles. The molecule has 6 amide bonds. The first-order chi connectivity index (χ1) is 19.2. The maximum absolute atomic E-state index is 12.6. The topological polar surface area (TPSA) is 241 Å². The summed E-state index contributed by atoms with van der Waals surface area (Å²) >= 11 is 0. The van der Waals surface area contributed by atoms with Crippen LogP contribution in [0.3, 0.4) is 0 Å². The third-order valence-electron chi connectivity index (χ3n) is 5.86. The van der Waals surface area contributed by atoms with Gasteiger partial charge in [0.2, 0.25) is 11.8 Å². The second-order valence-corrected chi connectivity index (χ2v) is 8.75. The van der Waals surface area contributed by atoms with Crippen molar-refractivity contribution < 1.29 is 39.2 Å². The first-order valence-electron chi connectivity index (χ1n) is 11.8. The van der Waals surface area contributed by atoms with Crippen molar-refractivity contribution in [3.8, 4) is 0 Å². The lowest BCUT2D eigenvalue weighted by Gasteiger charge is -2.29. The van der Waals surface area contributed by atoms with Crippen LogP contribution in [0.25, 0.3) is 0 Å². The second kappa shape index (κ2) is 12.0. The first-order valence-corrected chi connectivity index (χ1v) is 11.8. The standard InChI is InChI=1S/C23H26N8O10/c1-11-26-18(34)14-4-6-16(30(40)22(14)38)20(36)24-8-28(12(2)32)10-29(13(3)33)9-25-21(37)17-7-5-15(19(35)27-11)23(39)31(17)41/h4-7,11,40-41H,8-10H2,1-3H3,(H,24,36)(H,25,37)(H,26,34)(H,27,35). The maximum Gasteiger partial charge on any atom is 0.296 e. The number of rotatable bonds is 0. The van der Waals surface area contributed by atoms with Gasteiger partial charge in [-0.2, -0.15) is 0 Å².